The van der Waals surface area contributed by atoms with E-state index in [0.29, 0.717) is 75.2 Å². The number of carboxylic acid groups (broad SMARTS) is 1. The predicted molar refractivity (Wildman–Crippen MR) is 489 cm³/mol. The van der Waals surface area contributed by atoms with Gasteiger partial charge in [0.2, 0.25) is 17.6 Å². The van der Waals surface area contributed by atoms with Gasteiger partial charge in [-0.15, -0.1) is 0 Å². The molecule has 3 amide bonds. The summed E-state index contributed by atoms with van der Waals surface area (Å²) in [6, 6.07) is 15.8. The van der Waals surface area contributed by atoms with Crippen molar-refractivity contribution in [2.75, 3.05) is 91.2 Å². The summed E-state index contributed by atoms with van der Waals surface area (Å²) in [4.78, 5) is 114. The van der Waals surface area contributed by atoms with Crippen LogP contribution >= 0.6 is 89.3 Å². The number of benzene rings is 3. The molecule has 11 aromatic rings. The van der Waals surface area contributed by atoms with Gasteiger partial charge in [0.25, 0.3) is 17.7 Å². The Kier molecular flexibility index (Phi) is 31.7. The molecule has 8 N–H and O–H groups in total. The molecule has 0 saturated carbocycles. The van der Waals surface area contributed by atoms with Crippen molar-refractivity contribution in [2.24, 2.45) is 0 Å². The van der Waals surface area contributed by atoms with E-state index < -0.39 is 46.4 Å². The van der Waals surface area contributed by atoms with Crippen LogP contribution in [0, 0.1) is 3.57 Å². The first-order valence-electron chi connectivity index (χ1n) is 39.2. The topological polar surface area (TPSA) is 479 Å². The normalized spacial score (nSPS) is 14.6. The molecule has 1 saturated heterocycles. The van der Waals surface area contributed by atoms with Crippen LogP contribution in [0.25, 0.3) is 22.3 Å². The number of aromatic amines is 1. The van der Waals surface area contributed by atoms with Gasteiger partial charge in [-0.25, -0.2) is 49.1 Å². The number of nitrogens with two attached hydrogens (primary N) is 3. The van der Waals surface area contributed by atoms with Crippen LogP contribution in [0.1, 0.15) is 135 Å². The van der Waals surface area contributed by atoms with Crippen molar-refractivity contribution in [1.82, 2.24) is 79.2 Å². The van der Waals surface area contributed by atoms with Crippen LogP contribution in [0.4, 0.5) is 34.5 Å². The molecule has 45 heteroatoms. The summed E-state index contributed by atoms with van der Waals surface area (Å²) in [7, 11) is -0.489. The zero-order valence-corrected chi connectivity index (χ0v) is 79.4. The predicted octanol–water partition coefficient (Wildman–Crippen LogP) is 12.3. The number of anilines is 6. The van der Waals surface area contributed by atoms with Crippen molar-refractivity contribution in [3.8, 4) is 39.9 Å². The summed E-state index contributed by atoms with van der Waals surface area (Å²) in [5.41, 5.74) is 18.7. The Morgan fingerprint density at radius 3 is 1.19 bits per heavy atom. The van der Waals surface area contributed by atoms with E-state index in [1.165, 1.54) is 33.5 Å². The molecule has 38 nitrogen and oxygen atoms in total. The third-order valence-corrected chi connectivity index (χ3v) is 23.4. The van der Waals surface area contributed by atoms with Crippen LogP contribution in [0.15, 0.2) is 144 Å². The Morgan fingerprint density at radius 1 is 0.504 bits per heavy atom. The van der Waals surface area contributed by atoms with Crippen molar-refractivity contribution in [1.29, 1.82) is 0 Å². The molecule has 672 valence electrons. The standard InChI is InChI=1S/C22H23ClN6O4.C20H19ClN6O4.C15H25BN2O4.C13H10ClIN4O2.C9H13BrN2O2.C3H3BrN2/c1-4-32-21(31)22(2,3)29-11-13(10-27-29)15-6-5-14(9-16(15)23)28-7-8-33-19-17(20(28)30)18(24)25-12-26-19;1-20(2,19(29)30)27-9-11(8-25-27)13-4-3-12(7-14(13)21)26-5-6-31-17-15(18(26)28)16(22)23-10-24-17;1-8-20-12(19)13(2,3)18-10-11(9-17-18)16-21-14(4,5)15(6,7)22-16;14-8-5-7(1-2-9(8)15)19-3-4-21-12-10(13(19)20)11(16)17-6-18-12;1-4-14-8(13)9(2,3)12-6-7(10)5-11-12;4-3-1-5-6-2-3/h5-6,9-12H,4,7-8H2,1-3H3,(H2,24,25,26);3-4,7-10H,5-6H2,1-2H3,(H,29,30)(H2,22,23,24);9-10H,8H2,1-7H3;1-2,5-6H,3-4H2,(H2,16,17,18);5-6H,4H2,1-3H3;1-2H,(H,5,6). The summed E-state index contributed by atoms with van der Waals surface area (Å²) >= 11 is 27.8. The van der Waals surface area contributed by atoms with Crippen LogP contribution in [0.2, 0.25) is 15.1 Å². The van der Waals surface area contributed by atoms with Gasteiger partial charge in [0.1, 0.15) is 72.9 Å². The highest BCUT2D eigenvalue weighted by molar-refractivity contribution is 14.1. The lowest BCUT2D eigenvalue weighted by Crippen LogP contribution is -2.41. The third-order valence-electron chi connectivity index (χ3n) is 20.4. The Hall–Kier alpha value is -11.4. The number of carbonyl (C=O) groups is 7. The van der Waals surface area contributed by atoms with Gasteiger partial charge in [-0.1, -0.05) is 46.9 Å². The number of esters is 3. The van der Waals surface area contributed by atoms with E-state index in [1.54, 1.807) is 200 Å². The van der Waals surface area contributed by atoms with Crippen LogP contribution in [0.3, 0.4) is 0 Å². The highest BCUT2D eigenvalue weighted by Crippen LogP contribution is 2.40. The number of H-pyrrole nitrogens is 1. The van der Waals surface area contributed by atoms with Crippen LogP contribution in [-0.4, -0.2) is 204 Å². The van der Waals surface area contributed by atoms with Gasteiger partial charge in [-0.05, 0) is 201 Å². The van der Waals surface area contributed by atoms with Crippen LogP contribution < -0.4 is 51.6 Å². The van der Waals surface area contributed by atoms with Gasteiger partial charge in [0.05, 0.1) is 99.5 Å². The zero-order chi connectivity index (χ0) is 93.0. The number of aliphatic carboxylic acids is 1. The number of hydrogen-bond donors (Lipinski definition) is 5. The van der Waals surface area contributed by atoms with E-state index >= 15 is 0 Å². The first-order chi connectivity index (χ1) is 59.9. The average Bonchev–Trinajstić information content (AvgIpc) is 1.61. The number of amides is 3. The molecule has 0 bridgehead atoms. The molecule has 8 aromatic heterocycles. The molecule has 0 aliphatic carbocycles. The number of hydrogen-bond acceptors (Lipinski definition) is 29. The van der Waals surface area contributed by atoms with E-state index in [1.807, 2.05) is 39.8 Å². The smallest absolute Gasteiger partial charge is 0.479 e. The number of rotatable bonds is 17. The monoisotopic (exact) mass is 2040 g/mol. The van der Waals surface area contributed by atoms with Crippen molar-refractivity contribution in [3.63, 3.8) is 0 Å². The highest BCUT2D eigenvalue weighted by atomic mass is 127. The second-order valence-electron chi connectivity index (χ2n) is 31.0. The molecule has 4 aliphatic heterocycles. The number of nitrogens with one attached hydrogen (secondary N) is 1. The number of nitrogens with zero attached hydrogens (tertiary/aromatic N) is 18. The van der Waals surface area contributed by atoms with Gasteiger partial charge in [-0.3, -0.25) is 38.2 Å². The van der Waals surface area contributed by atoms with E-state index in [4.69, 9.17) is 89.7 Å². The fourth-order valence-corrected chi connectivity index (χ4v) is 13.7. The number of nitrogen functional groups attached to an aromatic ring is 3. The minimum absolute atomic E-state index is 0.0399. The largest absolute Gasteiger partial charge is 0.498 e. The molecular formula is C82H93BBr2Cl3IN22O16. The maximum atomic E-state index is 13.1. The summed E-state index contributed by atoms with van der Waals surface area (Å²) in [6.07, 6.45) is 20.6. The molecule has 15 rings (SSSR count). The molecule has 0 atom stereocenters. The van der Waals surface area contributed by atoms with Crippen LogP contribution in [0.5, 0.6) is 17.6 Å². The van der Waals surface area contributed by atoms with Gasteiger partial charge in [0, 0.05) is 85.5 Å². The van der Waals surface area contributed by atoms with Crippen molar-refractivity contribution >= 4 is 178 Å². The molecule has 0 unspecified atom stereocenters. The van der Waals surface area contributed by atoms with Gasteiger partial charge < -0.3 is 74.7 Å². The Bertz CT molecular complexity index is 5820. The maximum absolute atomic E-state index is 13.1. The lowest BCUT2D eigenvalue weighted by atomic mass is 9.82. The lowest BCUT2D eigenvalue weighted by molar-refractivity contribution is -0.153. The number of halogens is 6. The Balaban J connectivity index is 0.000000166. The first-order valence-corrected chi connectivity index (χ1v) is 43.0. The second kappa shape index (κ2) is 41.1. The summed E-state index contributed by atoms with van der Waals surface area (Å²) in [6.45, 7) is 29.7. The van der Waals surface area contributed by atoms with E-state index in [-0.39, 0.29) is 120 Å². The van der Waals surface area contributed by atoms with Crippen molar-refractivity contribution < 1.29 is 76.4 Å². The van der Waals surface area contributed by atoms with Crippen molar-refractivity contribution in [3.05, 3.63) is 180 Å². The molecule has 0 spiro atoms. The molecule has 0 radical (unpaired) electrons. The summed E-state index contributed by atoms with van der Waals surface area (Å²) in [5, 5.41) is 33.9. The summed E-state index contributed by atoms with van der Waals surface area (Å²) in [5.74, 6) is -2.31. The number of carbonyl (C=O) groups excluding carboxylic acids is 6. The number of carboxylic acids is 1. The molecular weight excluding hydrogens is 1950 g/mol. The minimum Gasteiger partial charge on any atom is -0.479 e. The maximum Gasteiger partial charge on any atom is 0.498 e. The van der Waals surface area contributed by atoms with Crippen LogP contribution in [-0.2, 0) is 64.9 Å². The fourth-order valence-electron chi connectivity index (χ4n) is 12.1. The zero-order valence-electron chi connectivity index (χ0n) is 71.8. The Morgan fingerprint density at radius 2 is 0.858 bits per heavy atom. The van der Waals surface area contributed by atoms with E-state index in [9.17, 15) is 38.7 Å². The number of aromatic nitrogens is 16. The molecule has 1 fully saturated rings. The van der Waals surface area contributed by atoms with Crippen molar-refractivity contribution in [2.45, 2.75) is 137 Å². The average molecular weight is 2050 g/mol. The molecule has 3 aromatic carbocycles. The second-order valence-corrected chi connectivity index (χ2v) is 35.3. The number of fused-ring (bicyclic) bond motifs is 3. The van der Waals surface area contributed by atoms with E-state index in [0.717, 1.165) is 23.5 Å². The quantitative estimate of drug-likeness (QED) is 0.0245. The van der Waals surface area contributed by atoms with E-state index in [2.05, 4.69) is 115 Å². The van der Waals surface area contributed by atoms with Gasteiger partial charge in [-0.2, -0.15) is 25.5 Å². The molecule has 127 heavy (non-hydrogen) atoms. The van der Waals surface area contributed by atoms with Gasteiger partial charge in [0.15, 0.2) is 22.2 Å². The first kappa shape index (κ1) is 97.8. The fraction of sp³-hybridized carbons (Fsp3) is 0.366. The molecule has 12 heterocycles. The summed E-state index contributed by atoms with van der Waals surface area (Å²) < 4.78 is 52.6. The third kappa shape index (κ3) is 22.4. The number of ether oxygens (including phenoxy) is 6. The minimum atomic E-state index is -1.21. The molecule has 4 aliphatic rings. The van der Waals surface area contributed by atoms with Gasteiger partial charge >= 0.3 is 31.0 Å². The Labute approximate surface area is 776 Å². The highest BCUT2D eigenvalue weighted by Gasteiger charge is 2.53. The lowest BCUT2D eigenvalue weighted by Gasteiger charge is -2.32. The SMILES string of the molecule is Brc1cn[nH]c1.CC(C)(C(=O)O)n1cc(-c2ccc(N3CCOc4ncnc(N)c4C3=O)cc2Cl)cn1.CCOC(=O)C(C)(C)n1cc(-c2ccc(N3CCOc4ncnc(N)c4C3=O)cc2Cl)cn1.CCOC(=O)C(C)(C)n1cc(B2OC(C)(C)C(C)(C)O2)cn1.CCOC(=O)C(C)(C)n1cc(Br)cn1.Nc1ncnc2c1C(=O)N(c1ccc(I)c(Cl)c1)CCO2.